The van der Waals surface area contributed by atoms with Crippen molar-refractivity contribution in [2.45, 2.75) is 13.5 Å². The van der Waals surface area contributed by atoms with Crippen LogP contribution in [0, 0.1) is 12.7 Å². The fourth-order valence-electron chi connectivity index (χ4n) is 3.00. The van der Waals surface area contributed by atoms with Crippen molar-refractivity contribution in [3.05, 3.63) is 65.6 Å². The van der Waals surface area contributed by atoms with Gasteiger partial charge in [0.25, 0.3) is 0 Å². The van der Waals surface area contributed by atoms with Gasteiger partial charge >= 0.3 is 0 Å². The van der Waals surface area contributed by atoms with Crippen LogP contribution in [0.3, 0.4) is 0 Å². The fourth-order valence-corrected chi connectivity index (χ4v) is 3.00. The van der Waals surface area contributed by atoms with Crippen molar-refractivity contribution in [2.24, 2.45) is 0 Å². The molecule has 0 aliphatic heterocycles. The van der Waals surface area contributed by atoms with E-state index in [2.05, 4.69) is 16.0 Å². The predicted molar refractivity (Wildman–Crippen MR) is 89.7 cm³/mol. The highest BCUT2D eigenvalue weighted by Crippen LogP contribution is 2.31. The average Bonchev–Trinajstić information content (AvgIpc) is 2.97. The van der Waals surface area contributed by atoms with Crippen LogP contribution in [0.2, 0.25) is 0 Å². The number of halogens is 1. The van der Waals surface area contributed by atoms with Crippen LogP contribution in [0.4, 0.5) is 4.39 Å². The van der Waals surface area contributed by atoms with E-state index in [0.29, 0.717) is 16.6 Å². The highest BCUT2D eigenvalue weighted by molar-refractivity contribution is 5.96. The molecule has 0 aliphatic carbocycles. The zero-order valence-electron chi connectivity index (χ0n) is 12.6. The monoisotopic (exact) mass is 306 g/mol. The minimum Gasteiger partial charge on any atom is -0.392 e. The van der Waals surface area contributed by atoms with Gasteiger partial charge in [-0.2, -0.15) is 0 Å². The number of aromatic amines is 1. The number of fused-ring (bicyclic) bond motifs is 2. The van der Waals surface area contributed by atoms with Crippen LogP contribution in [0.5, 0.6) is 0 Å². The van der Waals surface area contributed by atoms with Gasteiger partial charge in [0.05, 0.1) is 12.3 Å². The third-order valence-electron chi connectivity index (χ3n) is 4.16. The van der Waals surface area contributed by atoms with Gasteiger partial charge in [-0.15, -0.1) is 0 Å². The molecule has 4 aromatic rings. The van der Waals surface area contributed by atoms with Crippen molar-refractivity contribution in [2.75, 3.05) is 0 Å². The number of benzene rings is 2. The first-order chi connectivity index (χ1) is 11.2. The maximum atomic E-state index is 14.2. The van der Waals surface area contributed by atoms with Crippen molar-refractivity contribution in [3.63, 3.8) is 0 Å². The molecule has 0 radical (unpaired) electrons. The number of para-hydroxylation sites is 1. The first-order valence-corrected chi connectivity index (χ1v) is 7.44. The lowest BCUT2D eigenvalue weighted by atomic mass is 10.0. The zero-order valence-corrected chi connectivity index (χ0v) is 12.6. The molecule has 0 spiro atoms. The minimum atomic E-state index is -0.380. The number of aliphatic hydroxyl groups excluding tert-OH is 1. The average molecular weight is 306 g/mol. The summed E-state index contributed by atoms with van der Waals surface area (Å²) in [5, 5.41) is 11.3. The number of nitrogens with zero attached hydrogens (tertiary/aromatic N) is 1. The number of hydrogen-bond donors (Lipinski definition) is 2. The zero-order chi connectivity index (χ0) is 16.0. The van der Waals surface area contributed by atoms with E-state index >= 15 is 0 Å². The van der Waals surface area contributed by atoms with E-state index in [1.807, 2.05) is 31.3 Å². The summed E-state index contributed by atoms with van der Waals surface area (Å²) in [4.78, 5) is 7.72. The van der Waals surface area contributed by atoms with Gasteiger partial charge in [0.2, 0.25) is 0 Å². The van der Waals surface area contributed by atoms with Gasteiger partial charge in [-0.05, 0) is 36.8 Å². The van der Waals surface area contributed by atoms with Crippen molar-refractivity contribution >= 4 is 21.8 Å². The van der Waals surface area contributed by atoms with Crippen molar-refractivity contribution in [1.82, 2.24) is 9.97 Å². The predicted octanol–water partition coefficient (Wildman–Crippen LogP) is 4.32. The van der Waals surface area contributed by atoms with E-state index in [9.17, 15) is 9.50 Å². The molecule has 0 amide bonds. The number of H-pyrrole nitrogens is 1. The number of aryl methyl sites for hydroxylation is 1. The van der Waals surface area contributed by atoms with Crippen molar-refractivity contribution < 1.29 is 9.50 Å². The number of pyridine rings is 1. The third-order valence-corrected chi connectivity index (χ3v) is 4.16. The molecule has 0 bridgehead atoms. The standard InChI is InChI=1S/C19H15FN2O/c1-11-5-6-17-14(7-11)15(9-21-17)18-8-12(10-23)13-3-2-4-16(20)19(13)22-18/h2-9,21,23H,10H2,1H3. The smallest absolute Gasteiger partial charge is 0.149 e. The summed E-state index contributed by atoms with van der Waals surface area (Å²) in [5.41, 5.74) is 4.67. The van der Waals surface area contributed by atoms with E-state index < -0.39 is 0 Å². The van der Waals surface area contributed by atoms with E-state index in [-0.39, 0.29) is 17.9 Å². The highest BCUT2D eigenvalue weighted by atomic mass is 19.1. The number of aromatic nitrogens is 2. The SMILES string of the molecule is Cc1ccc2[nH]cc(-c3cc(CO)c4cccc(F)c4n3)c2c1. The lowest BCUT2D eigenvalue weighted by molar-refractivity contribution is 0.283. The van der Waals surface area contributed by atoms with Gasteiger partial charge in [-0.1, -0.05) is 23.8 Å². The Labute approximate surface area is 132 Å². The molecule has 2 aromatic heterocycles. The molecule has 3 nitrogen and oxygen atoms in total. The van der Waals surface area contributed by atoms with Crippen LogP contribution in [-0.4, -0.2) is 15.1 Å². The Hall–Kier alpha value is -2.72. The van der Waals surface area contributed by atoms with Gasteiger partial charge in [0.1, 0.15) is 11.3 Å². The summed E-state index contributed by atoms with van der Waals surface area (Å²) in [6.45, 7) is 1.87. The highest BCUT2D eigenvalue weighted by Gasteiger charge is 2.13. The second-order valence-electron chi connectivity index (χ2n) is 5.71. The largest absolute Gasteiger partial charge is 0.392 e. The fraction of sp³-hybridized carbons (Fsp3) is 0.105. The Kier molecular flexibility index (Phi) is 3.13. The molecular formula is C19H15FN2O. The number of rotatable bonds is 2. The first kappa shape index (κ1) is 13.9. The van der Waals surface area contributed by atoms with Gasteiger partial charge in [-0.25, -0.2) is 9.37 Å². The Morgan fingerprint density at radius 1 is 1.13 bits per heavy atom. The maximum Gasteiger partial charge on any atom is 0.149 e. The summed E-state index contributed by atoms with van der Waals surface area (Å²) in [7, 11) is 0. The number of aliphatic hydroxyl groups is 1. The minimum absolute atomic E-state index is 0.156. The lowest BCUT2D eigenvalue weighted by Gasteiger charge is -2.08. The van der Waals surface area contributed by atoms with E-state index in [1.54, 1.807) is 12.1 Å². The maximum absolute atomic E-state index is 14.2. The molecule has 0 saturated carbocycles. The summed E-state index contributed by atoms with van der Waals surface area (Å²) >= 11 is 0. The molecule has 0 unspecified atom stereocenters. The Balaban J connectivity index is 2.04. The lowest BCUT2D eigenvalue weighted by Crippen LogP contribution is -1.94. The van der Waals surface area contributed by atoms with Crippen LogP contribution >= 0.6 is 0 Å². The molecule has 23 heavy (non-hydrogen) atoms. The molecular weight excluding hydrogens is 291 g/mol. The van der Waals surface area contributed by atoms with Gasteiger partial charge < -0.3 is 10.1 Å². The van der Waals surface area contributed by atoms with Crippen molar-refractivity contribution in [3.8, 4) is 11.3 Å². The van der Waals surface area contributed by atoms with Gasteiger partial charge in [0.15, 0.2) is 0 Å². The molecule has 4 rings (SSSR count). The van der Waals surface area contributed by atoms with Crippen LogP contribution in [0.1, 0.15) is 11.1 Å². The van der Waals surface area contributed by atoms with Crippen LogP contribution < -0.4 is 0 Å². The number of nitrogens with one attached hydrogen (secondary N) is 1. The summed E-state index contributed by atoms with van der Waals surface area (Å²) in [6, 6.07) is 12.8. The molecule has 2 heterocycles. The number of hydrogen-bond acceptors (Lipinski definition) is 2. The molecule has 4 heteroatoms. The van der Waals surface area contributed by atoms with Crippen LogP contribution in [0.25, 0.3) is 33.1 Å². The third kappa shape index (κ3) is 2.19. The normalized spacial score (nSPS) is 11.4. The second-order valence-corrected chi connectivity index (χ2v) is 5.71. The quantitative estimate of drug-likeness (QED) is 0.579. The second kappa shape index (κ2) is 5.18. The molecule has 2 aromatic carbocycles. The Morgan fingerprint density at radius 3 is 2.83 bits per heavy atom. The summed E-state index contributed by atoms with van der Waals surface area (Å²) in [6.07, 6.45) is 1.88. The van der Waals surface area contributed by atoms with E-state index in [1.165, 1.54) is 6.07 Å². The molecule has 114 valence electrons. The van der Waals surface area contributed by atoms with Crippen LogP contribution in [-0.2, 0) is 6.61 Å². The molecule has 2 N–H and O–H groups in total. The molecule has 0 aliphatic rings. The summed E-state index contributed by atoms with van der Waals surface area (Å²) in [5.74, 6) is -0.380. The van der Waals surface area contributed by atoms with Gasteiger partial charge in [-0.3, -0.25) is 0 Å². The molecule has 0 saturated heterocycles. The Morgan fingerprint density at radius 2 is 2.00 bits per heavy atom. The van der Waals surface area contributed by atoms with Crippen molar-refractivity contribution in [1.29, 1.82) is 0 Å². The van der Waals surface area contributed by atoms with Crippen LogP contribution in [0.15, 0.2) is 48.7 Å². The molecule has 0 fully saturated rings. The molecule has 0 atom stereocenters. The first-order valence-electron chi connectivity index (χ1n) is 7.44. The van der Waals surface area contributed by atoms with E-state index in [0.717, 1.165) is 22.0 Å². The van der Waals surface area contributed by atoms with E-state index in [4.69, 9.17) is 0 Å². The summed E-state index contributed by atoms with van der Waals surface area (Å²) < 4.78 is 14.2. The Bertz CT molecular complexity index is 1040. The van der Waals surface area contributed by atoms with Gasteiger partial charge in [0, 0.05) is 28.0 Å². The topological polar surface area (TPSA) is 48.9 Å².